The average molecular weight is 560 g/mol. The largest absolute Gasteiger partial charge is 0.390 e. The number of hydrogen-bond donors (Lipinski definition) is 3. The number of aliphatic hydroxyl groups is 1. The molecule has 0 aromatic heterocycles. The summed E-state index contributed by atoms with van der Waals surface area (Å²) < 4.78 is 27.7. The van der Waals surface area contributed by atoms with E-state index in [9.17, 15) is 23.5 Å². The van der Waals surface area contributed by atoms with Crippen LogP contribution in [0.4, 0.5) is 8.78 Å². The van der Waals surface area contributed by atoms with Crippen molar-refractivity contribution in [1.29, 1.82) is 0 Å². The maximum Gasteiger partial charge on any atom is 0.228 e. The van der Waals surface area contributed by atoms with E-state index in [-0.39, 0.29) is 31.2 Å². The molecule has 222 valence electrons. The molecule has 0 heterocycles. The molecule has 2 aromatic rings. The molecule has 2 amide bonds. The standard InChI is InChI=1S/C32H47F2N3O3/c1-6-14-37(15-7-2)31(40)32(4,5)13-12-30(39)36-28(19-25-17-26(33)20-27(34)18-25)29(38)22-35-21-24-11-9-10-23(8-3)16-24/h9-11,16-18,20,28-29,35,38H,6-8,12-15,19,21-22H2,1-5H3,(H,36,39)/t28-,29+/m1/s1. The third kappa shape index (κ3) is 11.0. The summed E-state index contributed by atoms with van der Waals surface area (Å²) in [4.78, 5) is 28.0. The fourth-order valence-corrected chi connectivity index (χ4v) is 4.83. The van der Waals surface area contributed by atoms with E-state index in [1.165, 1.54) is 17.7 Å². The van der Waals surface area contributed by atoms with Crippen LogP contribution in [0, 0.1) is 17.0 Å². The summed E-state index contributed by atoms with van der Waals surface area (Å²) in [7, 11) is 0. The van der Waals surface area contributed by atoms with Crippen LogP contribution in [-0.4, -0.2) is 53.6 Å². The van der Waals surface area contributed by atoms with Crippen LogP contribution in [0.15, 0.2) is 42.5 Å². The zero-order valence-electron chi connectivity index (χ0n) is 24.7. The van der Waals surface area contributed by atoms with Crippen molar-refractivity contribution in [3.8, 4) is 0 Å². The van der Waals surface area contributed by atoms with Gasteiger partial charge >= 0.3 is 0 Å². The van der Waals surface area contributed by atoms with Gasteiger partial charge in [0.15, 0.2) is 0 Å². The first-order chi connectivity index (χ1) is 19.0. The number of aliphatic hydroxyl groups excluding tert-OH is 1. The van der Waals surface area contributed by atoms with E-state index < -0.39 is 29.2 Å². The van der Waals surface area contributed by atoms with Crippen molar-refractivity contribution in [2.75, 3.05) is 19.6 Å². The van der Waals surface area contributed by atoms with Gasteiger partial charge in [0.2, 0.25) is 11.8 Å². The molecule has 0 radical (unpaired) electrons. The molecule has 0 saturated carbocycles. The first kappa shape index (κ1) is 33.4. The molecule has 6 nitrogen and oxygen atoms in total. The number of carbonyl (C=O) groups excluding carboxylic acids is 2. The molecule has 3 N–H and O–H groups in total. The second-order valence-electron chi connectivity index (χ2n) is 11.2. The predicted octanol–water partition coefficient (Wildman–Crippen LogP) is 5.16. The van der Waals surface area contributed by atoms with Crippen molar-refractivity contribution in [3.05, 3.63) is 70.8 Å². The maximum absolute atomic E-state index is 13.9. The summed E-state index contributed by atoms with van der Waals surface area (Å²) >= 11 is 0. The summed E-state index contributed by atoms with van der Waals surface area (Å²) in [5.41, 5.74) is 1.90. The molecule has 0 bridgehead atoms. The third-order valence-corrected chi connectivity index (χ3v) is 7.10. The molecule has 0 unspecified atom stereocenters. The highest BCUT2D eigenvalue weighted by Crippen LogP contribution is 2.26. The van der Waals surface area contributed by atoms with Crippen LogP contribution in [0.2, 0.25) is 0 Å². The Morgan fingerprint density at radius 3 is 2.17 bits per heavy atom. The fourth-order valence-electron chi connectivity index (χ4n) is 4.83. The lowest BCUT2D eigenvalue weighted by atomic mass is 9.85. The van der Waals surface area contributed by atoms with Gasteiger partial charge in [-0.25, -0.2) is 8.78 Å². The second-order valence-corrected chi connectivity index (χ2v) is 11.2. The smallest absolute Gasteiger partial charge is 0.228 e. The van der Waals surface area contributed by atoms with E-state index >= 15 is 0 Å². The summed E-state index contributed by atoms with van der Waals surface area (Å²) in [5, 5.41) is 17.1. The molecule has 0 aliphatic rings. The molecule has 2 aromatic carbocycles. The zero-order valence-corrected chi connectivity index (χ0v) is 24.7. The molecule has 2 rings (SSSR count). The summed E-state index contributed by atoms with van der Waals surface area (Å²) in [6.07, 6.45) is 2.11. The Hall–Kier alpha value is -2.84. The van der Waals surface area contributed by atoms with E-state index in [4.69, 9.17) is 0 Å². The van der Waals surface area contributed by atoms with Gasteiger partial charge in [0.25, 0.3) is 0 Å². The lowest BCUT2D eigenvalue weighted by Gasteiger charge is -2.32. The van der Waals surface area contributed by atoms with Crippen molar-refractivity contribution >= 4 is 11.8 Å². The summed E-state index contributed by atoms with van der Waals surface area (Å²) in [6, 6.07) is 10.6. The summed E-state index contributed by atoms with van der Waals surface area (Å²) in [5.74, 6) is -1.73. The lowest BCUT2D eigenvalue weighted by Crippen LogP contribution is -2.49. The van der Waals surface area contributed by atoms with E-state index in [1.54, 1.807) is 0 Å². The topological polar surface area (TPSA) is 81.7 Å². The molecule has 8 heteroatoms. The van der Waals surface area contributed by atoms with Gasteiger partial charge < -0.3 is 20.6 Å². The third-order valence-electron chi connectivity index (χ3n) is 7.10. The maximum atomic E-state index is 13.9. The summed E-state index contributed by atoms with van der Waals surface area (Å²) in [6.45, 7) is 11.9. The van der Waals surface area contributed by atoms with E-state index in [1.807, 2.05) is 44.7 Å². The fraction of sp³-hybridized carbons (Fsp3) is 0.562. The van der Waals surface area contributed by atoms with Gasteiger partial charge in [-0.2, -0.15) is 0 Å². The molecule has 0 spiro atoms. The minimum Gasteiger partial charge on any atom is -0.390 e. The SMILES string of the molecule is CCCN(CCC)C(=O)C(C)(C)CCC(=O)N[C@H](Cc1cc(F)cc(F)c1)[C@@H](O)CNCc1cccc(CC)c1. The van der Waals surface area contributed by atoms with E-state index in [0.29, 0.717) is 31.6 Å². The Morgan fingerprint density at radius 2 is 1.57 bits per heavy atom. The molecular formula is C32H47F2N3O3. The highest BCUT2D eigenvalue weighted by molar-refractivity contribution is 5.83. The van der Waals surface area contributed by atoms with E-state index in [0.717, 1.165) is 30.9 Å². The predicted molar refractivity (Wildman–Crippen MR) is 156 cm³/mol. The molecule has 0 fully saturated rings. The Bertz CT molecular complexity index is 1070. The van der Waals surface area contributed by atoms with Gasteiger partial charge in [0.1, 0.15) is 11.6 Å². The molecule has 0 aliphatic heterocycles. The van der Waals surface area contributed by atoms with Crippen molar-refractivity contribution in [3.63, 3.8) is 0 Å². The van der Waals surface area contributed by atoms with Gasteiger partial charge in [-0.1, -0.05) is 58.9 Å². The van der Waals surface area contributed by atoms with Crippen LogP contribution < -0.4 is 10.6 Å². The Labute approximate surface area is 238 Å². The van der Waals surface area contributed by atoms with Crippen LogP contribution in [-0.2, 0) is 29.0 Å². The monoisotopic (exact) mass is 559 g/mol. The van der Waals surface area contributed by atoms with E-state index in [2.05, 4.69) is 29.7 Å². The van der Waals surface area contributed by atoms with Crippen molar-refractivity contribution in [2.45, 2.75) is 91.8 Å². The molecule has 0 aliphatic carbocycles. The normalized spacial score (nSPS) is 13.1. The van der Waals surface area contributed by atoms with Crippen molar-refractivity contribution < 1.29 is 23.5 Å². The number of rotatable bonds is 17. The lowest BCUT2D eigenvalue weighted by molar-refractivity contribution is -0.141. The van der Waals surface area contributed by atoms with Gasteiger partial charge in [-0.15, -0.1) is 0 Å². The first-order valence-electron chi connectivity index (χ1n) is 14.5. The van der Waals surface area contributed by atoms with Crippen molar-refractivity contribution in [1.82, 2.24) is 15.5 Å². The van der Waals surface area contributed by atoms with Gasteiger partial charge in [0, 0.05) is 44.1 Å². The minimum absolute atomic E-state index is 0.0205. The molecule has 40 heavy (non-hydrogen) atoms. The Kier molecular flexibility index (Phi) is 13.7. The Morgan fingerprint density at radius 1 is 0.950 bits per heavy atom. The van der Waals surface area contributed by atoms with Crippen molar-refractivity contribution in [2.24, 2.45) is 5.41 Å². The van der Waals surface area contributed by atoms with Crippen LogP contribution in [0.25, 0.3) is 0 Å². The number of halogens is 2. The zero-order chi connectivity index (χ0) is 29.7. The van der Waals surface area contributed by atoms with Crippen LogP contribution in [0.5, 0.6) is 0 Å². The van der Waals surface area contributed by atoms with Gasteiger partial charge in [-0.05, 0) is 60.9 Å². The number of amides is 2. The molecule has 2 atom stereocenters. The number of hydrogen-bond acceptors (Lipinski definition) is 4. The van der Waals surface area contributed by atoms with Gasteiger partial charge in [-0.3, -0.25) is 9.59 Å². The minimum atomic E-state index is -1.01. The second kappa shape index (κ2) is 16.4. The number of nitrogens with zero attached hydrogens (tertiary/aromatic N) is 1. The van der Waals surface area contributed by atoms with Crippen LogP contribution >= 0.6 is 0 Å². The average Bonchev–Trinajstić information content (AvgIpc) is 2.90. The first-order valence-corrected chi connectivity index (χ1v) is 14.5. The number of benzene rings is 2. The Balaban J connectivity index is 2.07. The van der Waals surface area contributed by atoms with Gasteiger partial charge in [0.05, 0.1) is 12.1 Å². The highest BCUT2D eigenvalue weighted by atomic mass is 19.1. The molecular weight excluding hydrogens is 512 g/mol. The highest BCUT2D eigenvalue weighted by Gasteiger charge is 2.32. The number of nitrogens with one attached hydrogen (secondary N) is 2. The number of carbonyl (C=O) groups is 2. The van der Waals surface area contributed by atoms with Crippen LogP contribution in [0.1, 0.15) is 77.0 Å². The van der Waals surface area contributed by atoms with Crippen LogP contribution in [0.3, 0.4) is 0 Å². The number of aryl methyl sites for hydroxylation is 1. The molecule has 0 saturated heterocycles. The quantitative estimate of drug-likeness (QED) is 0.250.